The number of hydrogen-bond acceptors (Lipinski definition) is 8. The Morgan fingerprint density at radius 3 is 1.41 bits per heavy atom. The summed E-state index contributed by atoms with van der Waals surface area (Å²) >= 11 is 3.66. The third-order valence-electron chi connectivity index (χ3n) is 10.5. The van der Waals surface area contributed by atoms with Gasteiger partial charge in [0.15, 0.2) is 13.6 Å². The molecular weight excluding hydrogens is 833 g/mol. The molecule has 7 aromatic rings. The second-order valence-corrected chi connectivity index (χ2v) is 17.1. The predicted octanol–water partition coefficient (Wildman–Crippen LogP) is 15.2. The van der Waals surface area contributed by atoms with E-state index in [1.807, 2.05) is 40.9 Å². The number of terminal acetylenes is 2. The number of fused-ring (bicyclic) bond motifs is 6. The van der Waals surface area contributed by atoms with Crippen LogP contribution in [-0.4, -0.2) is 40.0 Å². The summed E-state index contributed by atoms with van der Waals surface area (Å²) in [5, 5.41) is 5.30. The fourth-order valence-corrected chi connectivity index (χ4v) is 9.34. The molecule has 2 aromatic heterocycles. The van der Waals surface area contributed by atoms with E-state index in [1.165, 1.54) is 78.6 Å². The van der Waals surface area contributed by atoms with Crippen LogP contribution in [0.2, 0.25) is 0 Å². The Morgan fingerprint density at radius 2 is 0.953 bits per heavy atom. The molecule has 6 nitrogen and oxygen atoms in total. The first-order valence-electron chi connectivity index (χ1n) is 22.3. The lowest BCUT2D eigenvalue weighted by Crippen LogP contribution is -1.99. The van der Waals surface area contributed by atoms with Gasteiger partial charge in [0.1, 0.15) is 11.5 Å². The molecule has 334 valence electrons. The number of hydrogen-bond donors (Lipinski definition) is 0. The molecule has 8 heteroatoms. The molecule has 0 unspecified atom stereocenters. The summed E-state index contributed by atoms with van der Waals surface area (Å²) in [6, 6.07) is 35.7. The molecule has 2 heterocycles. The number of ether oxygens (including phenoxy) is 6. The topological polar surface area (TPSA) is 55.4 Å². The molecule has 0 aliphatic heterocycles. The molecule has 0 atom stereocenters. The van der Waals surface area contributed by atoms with Crippen LogP contribution >= 0.6 is 22.7 Å². The third kappa shape index (κ3) is 16.1. The molecular formula is C56H62O6S2. The Kier molecular flexibility index (Phi) is 22.2. The Hall–Kier alpha value is -5.74. The smallest absolute Gasteiger partial charge is 0.188 e. The number of aryl methyl sites for hydroxylation is 1. The van der Waals surface area contributed by atoms with Crippen LogP contribution < -0.4 is 9.47 Å². The predicted molar refractivity (Wildman–Crippen MR) is 272 cm³/mol. The Morgan fingerprint density at radius 1 is 0.500 bits per heavy atom. The maximum absolute atomic E-state index is 5.96. The molecule has 0 N–H and O–H groups in total. The van der Waals surface area contributed by atoms with Gasteiger partial charge in [-0.3, -0.25) is 0 Å². The van der Waals surface area contributed by atoms with Crippen LogP contribution in [0.1, 0.15) is 87.8 Å². The zero-order chi connectivity index (χ0) is 45.0. The van der Waals surface area contributed by atoms with E-state index in [2.05, 4.69) is 117 Å². The van der Waals surface area contributed by atoms with E-state index in [9.17, 15) is 0 Å². The van der Waals surface area contributed by atoms with Crippen molar-refractivity contribution in [3.63, 3.8) is 0 Å². The Labute approximate surface area is 388 Å². The lowest BCUT2D eigenvalue weighted by molar-refractivity contribution is -0.0125. The quantitative estimate of drug-likeness (QED) is 0.0247. The van der Waals surface area contributed by atoms with Crippen LogP contribution in [0.3, 0.4) is 0 Å². The van der Waals surface area contributed by atoms with Gasteiger partial charge in [0.2, 0.25) is 0 Å². The van der Waals surface area contributed by atoms with Crippen molar-refractivity contribution < 1.29 is 28.4 Å². The van der Waals surface area contributed by atoms with Crippen molar-refractivity contribution >= 4 is 63.0 Å². The SMILES string of the molecule is C#Cc1ccc(C#C)c(CC)c1.C=COCOCCCCCCCCOc1ccc2c(c1)sc1ccccc12.C=COCOCCCCCCOc1ccc2c(c1)sc1ccccc12. The number of benzene rings is 5. The molecule has 0 radical (unpaired) electrons. The van der Waals surface area contributed by atoms with Gasteiger partial charge in [-0.05, 0) is 111 Å². The van der Waals surface area contributed by atoms with Crippen molar-refractivity contribution in [2.45, 2.75) is 77.6 Å². The van der Waals surface area contributed by atoms with Crippen molar-refractivity contribution in [3.05, 3.63) is 146 Å². The van der Waals surface area contributed by atoms with Gasteiger partial charge < -0.3 is 28.4 Å². The molecule has 0 amide bonds. The van der Waals surface area contributed by atoms with Gasteiger partial charge in [0, 0.05) is 51.5 Å². The van der Waals surface area contributed by atoms with Crippen molar-refractivity contribution in [1.29, 1.82) is 0 Å². The molecule has 0 aliphatic rings. The van der Waals surface area contributed by atoms with Gasteiger partial charge in [-0.1, -0.05) is 100 Å². The highest BCUT2D eigenvalue weighted by Crippen LogP contribution is 2.37. The van der Waals surface area contributed by atoms with E-state index in [4.69, 9.17) is 41.3 Å². The normalized spacial score (nSPS) is 10.6. The van der Waals surface area contributed by atoms with E-state index in [0.717, 1.165) is 99.6 Å². The lowest BCUT2D eigenvalue weighted by Gasteiger charge is -2.07. The maximum Gasteiger partial charge on any atom is 0.188 e. The van der Waals surface area contributed by atoms with E-state index in [1.54, 1.807) is 0 Å². The number of rotatable bonds is 25. The summed E-state index contributed by atoms with van der Waals surface area (Å²) in [5.41, 5.74) is 2.98. The van der Waals surface area contributed by atoms with Crippen LogP contribution in [0, 0.1) is 24.7 Å². The molecule has 64 heavy (non-hydrogen) atoms. The number of thiophene rings is 2. The first-order valence-corrected chi connectivity index (χ1v) is 24.0. The van der Waals surface area contributed by atoms with Crippen LogP contribution in [0.4, 0.5) is 0 Å². The van der Waals surface area contributed by atoms with Gasteiger partial charge in [0.05, 0.1) is 39.0 Å². The van der Waals surface area contributed by atoms with E-state index in [-0.39, 0.29) is 0 Å². The summed E-state index contributed by atoms with van der Waals surface area (Å²) < 4.78 is 37.5. The molecule has 7 rings (SSSR count). The maximum atomic E-state index is 5.96. The average Bonchev–Trinajstić information content (AvgIpc) is 3.90. The highest BCUT2D eigenvalue weighted by molar-refractivity contribution is 7.26. The van der Waals surface area contributed by atoms with Crippen LogP contribution in [0.5, 0.6) is 11.5 Å². The first-order chi connectivity index (χ1) is 31.6. The minimum Gasteiger partial charge on any atom is -0.494 e. The van der Waals surface area contributed by atoms with Crippen molar-refractivity contribution in [2.24, 2.45) is 0 Å². The molecule has 0 saturated heterocycles. The van der Waals surface area contributed by atoms with Gasteiger partial charge in [0.25, 0.3) is 0 Å². The van der Waals surface area contributed by atoms with E-state index >= 15 is 0 Å². The minimum absolute atomic E-state index is 0.298. The van der Waals surface area contributed by atoms with Crippen molar-refractivity contribution in [2.75, 3.05) is 40.0 Å². The van der Waals surface area contributed by atoms with Crippen LogP contribution in [-0.2, 0) is 25.4 Å². The molecule has 0 spiro atoms. The molecule has 0 fully saturated rings. The summed E-state index contributed by atoms with van der Waals surface area (Å²) in [4.78, 5) is 0. The highest BCUT2D eigenvalue weighted by Gasteiger charge is 2.07. The van der Waals surface area contributed by atoms with Crippen molar-refractivity contribution in [1.82, 2.24) is 0 Å². The van der Waals surface area contributed by atoms with Crippen molar-refractivity contribution in [3.8, 4) is 36.2 Å². The van der Waals surface area contributed by atoms with Crippen LogP contribution in [0.15, 0.2) is 129 Å². The zero-order valence-electron chi connectivity index (χ0n) is 37.3. The van der Waals surface area contributed by atoms with Crippen LogP contribution in [0.25, 0.3) is 40.3 Å². The molecule has 0 bridgehead atoms. The Balaban J connectivity index is 0.000000193. The van der Waals surface area contributed by atoms with E-state index in [0.29, 0.717) is 13.6 Å². The fourth-order valence-electron chi connectivity index (χ4n) is 7.07. The minimum atomic E-state index is 0.298. The monoisotopic (exact) mass is 894 g/mol. The van der Waals surface area contributed by atoms with E-state index < -0.39 is 0 Å². The summed E-state index contributed by atoms with van der Waals surface area (Å²) in [6.07, 6.45) is 25.8. The zero-order valence-corrected chi connectivity index (χ0v) is 39.0. The largest absolute Gasteiger partial charge is 0.494 e. The summed E-state index contributed by atoms with van der Waals surface area (Å²) in [5.74, 6) is 7.16. The molecule has 5 aromatic carbocycles. The first kappa shape index (κ1) is 49.3. The van der Waals surface area contributed by atoms with Gasteiger partial charge in [-0.15, -0.1) is 35.5 Å². The van der Waals surface area contributed by atoms with Gasteiger partial charge >= 0.3 is 0 Å². The highest BCUT2D eigenvalue weighted by atomic mass is 32.1. The average molecular weight is 895 g/mol. The summed E-state index contributed by atoms with van der Waals surface area (Å²) in [6.45, 7) is 12.7. The third-order valence-corrected chi connectivity index (χ3v) is 12.7. The lowest BCUT2D eigenvalue weighted by atomic mass is 10.0. The van der Waals surface area contributed by atoms with Gasteiger partial charge in [-0.25, -0.2) is 0 Å². The molecule has 0 saturated carbocycles. The fraction of sp³-hybridized carbons (Fsp3) is 0.321. The standard InChI is InChI=1S/C23H28O3S.C21H24O3S.C12H10/c1-2-24-18-25-15-9-5-3-4-6-10-16-26-19-13-14-21-20-11-7-8-12-22(20)27-23(21)17-19;1-2-22-16-23-13-7-3-4-8-14-24-17-11-12-19-18-9-5-6-10-20(18)25-21(19)15-17;1-4-10-7-8-11(5-2)12(6-3)9-10/h2,7-8,11-14,17H,1,3-6,9-10,15-16,18H2;2,5-6,9-12,15H,1,3-4,7-8,13-14,16H2;1-2,7-9H,6H2,3H3. The second kappa shape index (κ2) is 28.8. The molecule has 0 aliphatic carbocycles. The second-order valence-electron chi connectivity index (χ2n) is 15.0. The Bertz CT molecular complexity index is 2550. The van der Waals surface area contributed by atoms with Gasteiger partial charge in [-0.2, -0.15) is 0 Å². The summed E-state index contributed by atoms with van der Waals surface area (Å²) in [7, 11) is 0. The number of unbranched alkanes of at least 4 members (excludes halogenated alkanes) is 8.